The number of thiazole rings is 1. The van der Waals surface area contributed by atoms with Crippen molar-refractivity contribution in [2.75, 3.05) is 25.0 Å². The standard InChI is InChI=1S/C15H20ClN3S/c1-10(2)19-7-6-11(9-19)8-17-15-18-13-5-3-4-12(16)14(13)20-15/h3-5,10-11H,6-9H2,1-2H3,(H,17,18). The van der Waals surface area contributed by atoms with Gasteiger partial charge in [0.15, 0.2) is 5.13 Å². The largest absolute Gasteiger partial charge is 0.361 e. The van der Waals surface area contributed by atoms with Gasteiger partial charge in [-0.05, 0) is 44.9 Å². The van der Waals surface area contributed by atoms with Gasteiger partial charge in [-0.3, -0.25) is 0 Å². The van der Waals surface area contributed by atoms with Crippen LogP contribution < -0.4 is 5.32 Å². The predicted octanol–water partition coefficient (Wildman–Crippen LogP) is 4.09. The normalized spacial score (nSPS) is 20.1. The minimum absolute atomic E-state index is 0.654. The van der Waals surface area contributed by atoms with E-state index >= 15 is 0 Å². The molecule has 2 heterocycles. The van der Waals surface area contributed by atoms with Gasteiger partial charge in [0.2, 0.25) is 0 Å². The first-order chi connectivity index (χ1) is 9.63. The highest BCUT2D eigenvalue weighted by molar-refractivity contribution is 7.22. The smallest absolute Gasteiger partial charge is 0.183 e. The summed E-state index contributed by atoms with van der Waals surface area (Å²) >= 11 is 7.83. The summed E-state index contributed by atoms with van der Waals surface area (Å²) in [5.41, 5.74) is 0.986. The molecule has 1 aromatic heterocycles. The topological polar surface area (TPSA) is 28.2 Å². The zero-order chi connectivity index (χ0) is 14.1. The van der Waals surface area contributed by atoms with Crippen molar-refractivity contribution in [2.45, 2.75) is 26.3 Å². The first kappa shape index (κ1) is 14.1. The minimum atomic E-state index is 0.654. The molecule has 1 atom stereocenters. The van der Waals surface area contributed by atoms with E-state index in [4.69, 9.17) is 11.6 Å². The van der Waals surface area contributed by atoms with Gasteiger partial charge in [0.25, 0.3) is 0 Å². The molecule has 20 heavy (non-hydrogen) atoms. The fourth-order valence-electron chi connectivity index (χ4n) is 2.72. The van der Waals surface area contributed by atoms with Gasteiger partial charge in [-0.25, -0.2) is 4.98 Å². The fourth-order valence-corrected chi connectivity index (χ4v) is 3.88. The maximum Gasteiger partial charge on any atom is 0.183 e. The van der Waals surface area contributed by atoms with E-state index < -0.39 is 0 Å². The molecule has 0 amide bonds. The molecule has 3 rings (SSSR count). The number of halogens is 1. The number of aromatic nitrogens is 1. The number of hydrogen-bond acceptors (Lipinski definition) is 4. The van der Waals surface area contributed by atoms with Gasteiger partial charge in [-0.15, -0.1) is 0 Å². The maximum absolute atomic E-state index is 6.19. The number of nitrogens with zero attached hydrogens (tertiary/aromatic N) is 2. The molecule has 0 saturated carbocycles. The number of fused-ring (bicyclic) bond motifs is 1. The van der Waals surface area contributed by atoms with E-state index in [0.717, 1.165) is 32.8 Å². The quantitative estimate of drug-likeness (QED) is 0.922. The van der Waals surface area contributed by atoms with Crippen molar-refractivity contribution in [2.24, 2.45) is 5.92 Å². The molecule has 0 radical (unpaired) electrons. The molecular formula is C15H20ClN3S. The number of likely N-dealkylation sites (tertiary alicyclic amines) is 1. The monoisotopic (exact) mass is 309 g/mol. The second kappa shape index (κ2) is 5.88. The van der Waals surface area contributed by atoms with E-state index in [1.54, 1.807) is 11.3 Å². The van der Waals surface area contributed by atoms with Crippen molar-refractivity contribution in [3.05, 3.63) is 23.2 Å². The Hall–Kier alpha value is -0.840. The summed E-state index contributed by atoms with van der Waals surface area (Å²) in [6, 6.07) is 6.54. The fraction of sp³-hybridized carbons (Fsp3) is 0.533. The average Bonchev–Trinajstić information content (AvgIpc) is 3.03. The first-order valence-electron chi connectivity index (χ1n) is 7.16. The average molecular weight is 310 g/mol. The summed E-state index contributed by atoms with van der Waals surface area (Å²) in [6.45, 7) is 7.95. The van der Waals surface area contributed by atoms with Crippen LogP contribution in [0.5, 0.6) is 0 Å². The number of anilines is 1. The Kier molecular flexibility index (Phi) is 4.15. The molecule has 1 aliphatic heterocycles. The molecule has 1 saturated heterocycles. The molecule has 1 fully saturated rings. The zero-order valence-electron chi connectivity index (χ0n) is 11.9. The molecule has 0 bridgehead atoms. The first-order valence-corrected chi connectivity index (χ1v) is 8.36. The highest BCUT2D eigenvalue weighted by Crippen LogP contribution is 2.32. The van der Waals surface area contributed by atoms with Crippen LogP contribution in [0.2, 0.25) is 5.02 Å². The molecule has 3 nitrogen and oxygen atoms in total. The van der Waals surface area contributed by atoms with Crippen molar-refractivity contribution in [1.82, 2.24) is 9.88 Å². The summed E-state index contributed by atoms with van der Waals surface area (Å²) in [5.74, 6) is 0.722. The molecule has 1 unspecified atom stereocenters. The molecule has 1 N–H and O–H groups in total. The molecule has 2 aromatic rings. The van der Waals surface area contributed by atoms with E-state index in [9.17, 15) is 0 Å². The minimum Gasteiger partial charge on any atom is -0.361 e. The SMILES string of the molecule is CC(C)N1CCC(CNc2nc3cccc(Cl)c3s2)C1. The number of benzene rings is 1. The van der Waals surface area contributed by atoms with Crippen LogP contribution in [0.25, 0.3) is 10.2 Å². The Morgan fingerprint density at radius 2 is 2.35 bits per heavy atom. The Labute approximate surface area is 128 Å². The van der Waals surface area contributed by atoms with E-state index in [0.29, 0.717) is 6.04 Å². The molecular weight excluding hydrogens is 290 g/mol. The molecule has 0 spiro atoms. The summed E-state index contributed by atoms with van der Waals surface area (Å²) < 4.78 is 1.08. The van der Waals surface area contributed by atoms with Crippen molar-refractivity contribution < 1.29 is 0 Å². The molecule has 1 aromatic carbocycles. The van der Waals surface area contributed by atoms with Crippen molar-refractivity contribution >= 4 is 38.3 Å². The van der Waals surface area contributed by atoms with Crippen LogP contribution in [0.1, 0.15) is 20.3 Å². The third kappa shape index (κ3) is 2.92. The van der Waals surface area contributed by atoms with Gasteiger partial charge < -0.3 is 10.2 Å². The lowest BCUT2D eigenvalue weighted by Gasteiger charge is -2.20. The molecule has 0 aliphatic carbocycles. The molecule has 5 heteroatoms. The van der Waals surface area contributed by atoms with Crippen molar-refractivity contribution in [3.8, 4) is 0 Å². The number of hydrogen-bond donors (Lipinski definition) is 1. The lowest BCUT2D eigenvalue weighted by molar-refractivity contribution is 0.266. The Balaban J connectivity index is 1.62. The van der Waals surface area contributed by atoms with Gasteiger partial charge in [0.1, 0.15) is 0 Å². The predicted molar refractivity (Wildman–Crippen MR) is 87.9 cm³/mol. The van der Waals surface area contributed by atoms with E-state index in [-0.39, 0.29) is 0 Å². The van der Waals surface area contributed by atoms with Crippen LogP contribution in [-0.2, 0) is 0 Å². The van der Waals surface area contributed by atoms with Crippen LogP contribution in [0.3, 0.4) is 0 Å². The third-order valence-corrected chi connectivity index (χ3v) is 5.45. The lowest BCUT2D eigenvalue weighted by atomic mass is 10.1. The van der Waals surface area contributed by atoms with Gasteiger partial charge in [-0.2, -0.15) is 0 Å². The van der Waals surface area contributed by atoms with Crippen LogP contribution >= 0.6 is 22.9 Å². The van der Waals surface area contributed by atoms with Crippen molar-refractivity contribution in [1.29, 1.82) is 0 Å². The van der Waals surface area contributed by atoms with E-state index in [1.165, 1.54) is 19.5 Å². The second-order valence-electron chi connectivity index (χ2n) is 5.73. The number of rotatable bonds is 4. The Morgan fingerprint density at radius 3 is 3.05 bits per heavy atom. The van der Waals surface area contributed by atoms with Gasteiger partial charge in [0, 0.05) is 19.1 Å². The van der Waals surface area contributed by atoms with Crippen LogP contribution in [0.15, 0.2) is 18.2 Å². The summed E-state index contributed by atoms with van der Waals surface area (Å²) in [4.78, 5) is 7.14. The molecule has 108 valence electrons. The highest BCUT2D eigenvalue weighted by atomic mass is 35.5. The van der Waals surface area contributed by atoms with Gasteiger partial charge in [0.05, 0.1) is 15.2 Å². The van der Waals surface area contributed by atoms with E-state index in [1.807, 2.05) is 18.2 Å². The zero-order valence-corrected chi connectivity index (χ0v) is 13.5. The second-order valence-corrected chi connectivity index (χ2v) is 7.14. The van der Waals surface area contributed by atoms with Gasteiger partial charge in [-0.1, -0.05) is 29.0 Å². The van der Waals surface area contributed by atoms with Crippen LogP contribution in [-0.4, -0.2) is 35.6 Å². The highest BCUT2D eigenvalue weighted by Gasteiger charge is 2.24. The Bertz CT molecular complexity index is 596. The summed E-state index contributed by atoms with van der Waals surface area (Å²) in [6.07, 6.45) is 1.27. The van der Waals surface area contributed by atoms with Crippen LogP contribution in [0, 0.1) is 5.92 Å². The lowest BCUT2D eigenvalue weighted by Crippen LogP contribution is -2.29. The van der Waals surface area contributed by atoms with Gasteiger partial charge >= 0.3 is 0 Å². The van der Waals surface area contributed by atoms with Crippen LogP contribution in [0.4, 0.5) is 5.13 Å². The van der Waals surface area contributed by atoms with E-state index in [2.05, 4.69) is 29.0 Å². The summed E-state index contributed by atoms with van der Waals surface area (Å²) in [5, 5.41) is 5.26. The van der Waals surface area contributed by atoms with Crippen molar-refractivity contribution in [3.63, 3.8) is 0 Å². The number of nitrogens with one attached hydrogen (secondary N) is 1. The molecule has 1 aliphatic rings. The third-order valence-electron chi connectivity index (χ3n) is 3.96. The maximum atomic E-state index is 6.19. The summed E-state index contributed by atoms with van der Waals surface area (Å²) in [7, 11) is 0. The Morgan fingerprint density at radius 1 is 1.50 bits per heavy atom.